The number of Topliss-reactive ketones (excluding diaryl/α,β-unsaturated/α-hetero) is 1. The second-order valence-corrected chi connectivity index (χ2v) is 14.0. The quantitative estimate of drug-likeness (QED) is 0.218. The van der Waals surface area contributed by atoms with Crippen LogP contribution in [0, 0.1) is 11.3 Å². The maximum absolute atomic E-state index is 14.3. The topological polar surface area (TPSA) is 79.2 Å². The van der Waals surface area contributed by atoms with Gasteiger partial charge in [0.15, 0.2) is 5.78 Å². The summed E-state index contributed by atoms with van der Waals surface area (Å²) in [6.45, 7) is -1.17. The van der Waals surface area contributed by atoms with Crippen molar-refractivity contribution in [2.75, 3.05) is 6.61 Å². The van der Waals surface area contributed by atoms with E-state index in [9.17, 15) is 14.9 Å². The first-order valence-corrected chi connectivity index (χ1v) is 16.3. The predicted octanol–water partition coefficient (Wildman–Crippen LogP) is 6.17. The summed E-state index contributed by atoms with van der Waals surface area (Å²) in [6.07, 6.45) is -0.701. The van der Waals surface area contributed by atoms with Crippen LogP contribution < -0.4 is 21.2 Å². The number of ketones is 1. The Kier molecular flexibility index (Phi) is 8.28. The first kappa shape index (κ1) is 28.9. The fourth-order valence-corrected chi connectivity index (χ4v) is 10.4. The van der Waals surface area contributed by atoms with Crippen molar-refractivity contribution in [3.63, 3.8) is 0 Å². The van der Waals surface area contributed by atoms with Gasteiger partial charge in [0, 0.05) is 5.92 Å². The van der Waals surface area contributed by atoms with Crippen LogP contribution >= 0.6 is 6.89 Å². The van der Waals surface area contributed by atoms with E-state index in [1.54, 1.807) is 6.92 Å². The molecule has 0 heterocycles. The van der Waals surface area contributed by atoms with Gasteiger partial charge in [0.2, 0.25) is 0 Å². The minimum atomic E-state index is -2.91. The van der Waals surface area contributed by atoms with Gasteiger partial charge in [-0.1, -0.05) is 140 Å². The molecule has 6 heteroatoms. The average molecular weight is 595 g/mol. The maximum Gasteiger partial charge on any atom is 0.407 e. The fraction of sp³-hybridized carbons (Fsp3) is 0.105. The highest BCUT2D eigenvalue weighted by Gasteiger charge is 2.36. The lowest BCUT2D eigenvalue weighted by Crippen LogP contribution is -2.44. The number of amides is 1. The number of carbonyl (C=O) groups excluding carboxylic acids is 2. The standard InChI is InChI=1S/C38H31N2O3P/c1-27(40-38(42)43-26-35-33-23-13-11-21-31(33)32-22-12-14-24-34(32)35)37(41)36(25-39)44(28-15-5-2-6-16-28,29-17-7-3-8-18-29)30-19-9-4-10-20-30/h2-24,27,35H,26H2,1H3,(H,40,42)/t27-/m0/s1. The van der Waals surface area contributed by atoms with Crippen LogP contribution in [0.4, 0.5) is 4.79 Å². The lowest BCUT2D eigenvalue weighted by atomic mass is 9.98. The largest absolute Gasteiger partial charge is 0.449 e. The predicted molar refractivity (Wildman–Crippen MR) is 178 cm³/mol. The molecule has 1 amide bonds. The normalized spacial score (nSPS) is 12.7. The Morgan fingerprint density at radius 3 is 1.55 bits per heavy atom. The Morgan fingerprint density at radius 2 is 1.11 bits per heavy atom. The summed E-state index contributed by atoms with van der Waals surface area (Å²) in [5.41, 5.74) is 4.48. The van der Waals surface area contributed by atoms with Gasteiger partial charge in [0.1, 0.15) is 18.0 Å². The van der Waals surface area contributed by atoms with Crippen LogP contribution in [0.1, 0.15) is 24.0 Å². The van der Waals surface area contributed by atoms with E-state index < -0.39 is 24.8 Å². The van der Waals surface area contributed by atoms with E-state index in [0.29, 0.717) is 0 Å². The monoisotopic (exact) mass is 594 g/mol. The Labute approximate surface area is 257 Å². The number of ether oxygens (including phenoxy) is 1. The van der Waals surface area contributed by atoms with Crippen molar-refractivity contribution in [3.05, 3.63) is 151 Å². The van der Waals surface area contributed by atoms with Gasteiger partial charge in [-0.15, -0.1) is 0 Å². The van der Waals surface area contributed by atoms with Gasteiger partial charge in [-0.25, -0.2) is 4.79 Å². The number of alkyl carbamates (subject to hydrolysis) is 1. The molecule has 0 bridgehead atoms. The van der Waals surface area contributed by atoms with Gasteiger partial charge in [-0.05, 0) is 52.0 Å². The van der Waals surface area contributed by atoms with Crippen molar-refractivity contribution < 1.29 is 14.3 Å². The maximum atomic E-state index is 14.3. The van der Waals surface area contributed by atoms with Gasteiger partial charge in [-0.3, -0.25) is 4.79 Å². The molecule has 1 N–H and O–H groups in total. The summed E-state index contributed by atoms with van der Waals surface area (Å²) >= 11 is 0. The Balaban J connectivity index is 1.33. The Bertz CT molecular complexity index is 1770. The zero-order chi connectivity index (χ0) is 30.5. The van der Waals surface area contributed by atoms with Crippen LogP contribution in [0.25, 0.3) is 11.1 Å². The van der Waals surface area contributed by atoms with Gasteiger partial charge in [0.05, 0.1) is 6.04 Å². The van der Waals surface area contributed by atoms with Gasteiger partial charge >= 0.3 is 6.09 Å². The molecule has 5 aromatic carbocycles. The minimum Gasteiger partial charge on any atom is -0.449 e. The number of benzene rings is 5. The van der Waals surface area contributed by atoms with E-state index in [-0.39, 0.29) is 17.8 Å². The number of nitrogens with zero attached hydrogens (tertiary/aromatic N) is 1. The van der Waals surface area contributed by atoms with Crippen LogP contribution in [0.3, 0.4) is 0 Å². The molecule has 0 aliphatic heterocycles. The number of fused-ring (bicyclic) bond motifs is 3. The first-order valence-electron chi connectivity index (χ1n) is 14.5. The molecule has 0 unspecified atom stereocenters. The van der Waals surface area contributed by atoms with Crippen molar-refractivity contribution in [3.8, 4) is 17.2 Å². The molecule has 5 aromatic rings. The number of carbonyl (C=O) groups is 2. The van der Waals surface area contributed by atoms with E-state index in [0.717, 1.165) is 38.2 Å². The third kappa shape index (κ3) is 5.15. The lowest BCUT2D eigenvalue weighted by Gasteiger charge is -2.30. The molecule has 0 fully saturated rings. The van der Waals surface area contributed by atoms with E-state index in [4.69, 9.17) is 4.74 Å². The minimum absolute atomic E-state index is 0.104. The molecule has 0 aromatic heterocycles. The van der Waals surface area contributed by atoms with Crippen LogP contribution in [0.15, 0.2) is 140 Å². The molecular weight excluding hydrogens is 563 g/mol. The van der Waals surface area contributed by atoms with Crippen LogP contribution in [-0.2, 0) is 9.53 Å². The summed E-state index contributed by atoms with van der Waals surface area (Å²) in [5.74, 6) is -0.542. The van der Waals surface area contributed by atoms with E-state index in [1.165, 1.54) is 0 Å². The Hall–Kier alpha value is -5.17. The third-order valence-electron chi connectivity index (χ3n) is 8.18. The molecule has 216 valence electrons. The molecule has 0 saturated carbocycles. The highest BCUT2D eigenvalue weighted by molar-refractivity contribution is 7.97. The molecule has 0 radical (unpaired) electrons. The van der Waals surface area contributed by atoms with E-state index in [1.807, 2.05) is 115 Å². The number of nitrogens with one attached hydrogen (secondary N) is 1. The number of rotatable bonds is 8. The molecule has 1 aliphatic carbocycles. The smallest absolute Gasteiger partial charge is 0.407 e. The molecule has 44 heavy (non-hydrogen) atoms. The summed E-state index contributed by atoms with van der Waals surface area (Å²) in [5, 5.41) is 16.2. The van der Waals surface area contributed by atoms with Crippen molar-refractivity contribution in [1.29, 1.82) is 5.26 Å². The molecule has 1 atom stereocenters. The van der Waals surface area contributed by atoms with Crippen molar-refractivity contribution in [2.45, 2.75) is 18.9 Å². The summed E-state index contributed by atoms with van der Waals surface area (Å²) < 4.78 is 5.73. The summed E-state index contributed by atoms with van der Waals surface area (Å²) in [7, 11) is 0. The van der Waals surface area contributed by atoms with Gasteiger partial charge in [0.25, 0.3) is 0 Å². The third-order valence-corrected chi connectivity index (χ3v) is 12.4. The summed E-state index contributed by atoms with van der Waals surface area (Å²) in [6, 6.07) is 46.7. The molecule has 0 saturated heterocycles. The number of hydrogen-bond acceptors (Lipinski definition) is 4. The van der Waals surface area contributed by atoms with Crippen LogP contribution in [-0.4, -0.2) is 29.8 Å². The summed E-state index contributed by atoms with van der Waals surface area (Å²) in [4.78, 5) is 27.4. The van der Waals surface area contributed by atoms with E-state index >= 15 is 0 Å². The SMILES string of the molecule is C[C@H](NC(=O)OCC1c2ccccc2-c2ccccc21)C(=O)C(C#N)=P(c1ccccc1)(c1ccccc1)c1ccccc1. The van der Waals surface area contributed by atoms with Crippen molar-refractivity contribution in [1.82, 2.24) is 5.32 Å². The molecule has 1 aliphatic rings. The second kappa shape index (κ2) is 12.6. The van der Waals surface area contributed by atoms with Gasteiger partial charge < -0.3 is 10.1 Å². The lowest BCUT2D eigenvalue weighted by molar-refractivity contribution is -0.114. The number of hydrogen-bond donors (Lipinski definition) is 1. The van der Waals surface area contributed by atoms with Crippen molar-refractivity contribution >= 4 is 40.0 Å². The first-order chi connectivity index (χ1) is 21.6. The van der Waals surface area contributed by atoms with Crippen molar-refractivity contribution in [2.24, 2.45) is 0 Å². The van der Waals surface area contributed by atoms with Crippen LogP contribution in [0.5, 0.6) is 0 Å². The average Bonchev–Trinajstić information content (AvgIpc) is 3.40. The fourth-order valence-electron chi connectivity index (χ4n) is 6.17. The second-order valence-electron chi connectivity index (χ2n) is 10.7. The number of nitriles is 1. The molecular formula is C38H31N2O3P. The van der Waals surface area contributed by atoms with Gasteiger partial charge in [-0.2, -0.15) is 5.26 Å². The van der Waals surface area contributed by atoms with Crippen LogP contribution in [0.2, 0.25) is 0 Å². The molecule has 0 spiro atoms. The zero-order valence-corrected chi connectivity index (χ0v) is 25.2. The molecule has 6 rings (SSSR count). The Morgan fingerprint density at radius 1 is 0.705 bits per heavy atom. The highest BCUT2D eigenvalue weighted by Crippen LogP contribution is 2.47. The van der Waals surface area contributed by atoms with E-state index in [2.05, 4.69) is 35.7 Å². The zero-order valence-electron chi connectivity index (χ0n) is 24.3. The highest BCUT2D eigenvalue weighted by atomic mass is 31.2. The molecule has 5 nitrogen and oxygen atoms in total.